The Balaban J connectivity index is 0.00000114. The maximum Gasteiger partial charge on any atom is 0.303 e. The van der Waals surface area contributed by atoms with E-state index in [1.54, 1.807) is 12.2 Å². The molecule has 5 atom stereocenters. The van der Waals surface area contributed by atoms with Crippen LogP contribution in [-0.4, -0.2) is 53.8 Å². The largest absolute Gasteiger partial charge is 0.481 e. The summed E-state index contributed by atoms with van der Waals surface area (Å²) in [5.74, 6) is -1.32. The van der Waals surface area contributed by atoms with E-state index in [2.05, 4.69) is 17.4 Å². The minimum absolute atomic E-state index is 0.112. The fourth-order valence-electron chi connectivity index (χ4n) is 4.64. The number of unbranched alkanes of at least 4 members (excludes halogenated alkanes) is 1. The van der Waals surface area contributed by atoms with Crippen molar-refractivity contribution in [2.24, 2.45) is 17.8 Å². The van der Waals surface area contributed by atoms with Crippen LogP contribution in [0.5, 0.6) is 0 Å². The van der Waals surface area contributed by atoms with Crippen molar-refractivity contribution in [1.29, 1.82) is 0 Å². The smallest absolute Gasteiger partial charge is 0.303 e. The Kier molecular flexibility index (Phi) is 11.1. The standard InChI is InChI=1S/C24H31FO4.C2H7N/c25-21-15-23(27)20(9-3-1-2-4-10-24(28)29)19(21)11-12-22(26)18-13-16-7-5-6-8-17(16)14-18;1-3-2/h1,3,5-8,11-12,18-23,26-27H,2,4,9-10,13-15H2,(H,28,29);3H,1-2H3/b3-1+,12-11+;/t19-,20-,21+,22?,23+;/m1./s1. The minimum atomic E-state index is -1.11. The predicted molar refractivity (Wildman–Crippen MR) is 125 cm³/mol. The monoisotopic (exact) mass is 447 g/mol. The van der Waals surface area contributed by atoms with Crippen LogP contribution in [0, 0.1) is 17.8 Å². The highest BCUT2D eigenvalue weighted by Gasteiger charge is 2.40. The Morgan fingerprint density at radius 2 is 1.84 bits per heavy atom. The summed E-state index contributed by atoms with van der Waals surface area (Å²) in [5, 5.41) is 32.3. The van der Waals surface area contributed by atoms with Gasteiger partial charge in [-0.3, -0.25) is 4.79 Å². The lowest BCUT2D eigenvalue weighted by atomic mass is 9.89. The van der Waals surface area contributed by atoms with E-state index in [-0.39, 0.29) is 24.7 Å². The lowest BCUT2D eigenvalue weighted by Crippen LogP contribution is -2.21. The molecule has 4 N–H and O–H groups in total. The van der Waals surface area contributed by atoms with Gasteiger partial charge in [-0.2, -0.15) is 0 Å². The zero-order valence-corrected chi connectivity index (χ0v) is 19.2. The Hall–Kier alpha value is -2.02. The second kappa shape index (κ2) is 13.5. The number of hydrogen-bond donors (Lipinski definition) is 4. The SMILES string of the molecule is CNC.O=C(O)CCC/C=C/C[C@@H]1[C@@H](/C=C/C(O)C2Cc3ccccc3C2)[C@@H](F)C[C@@H]1O. The van der Waals surface area contributed by atoms with Crippen molar-refractivity contribution in [3.05, 3.63) is 59.7 Å². The molecular weight excluding hydrogens is 409 g/mol. The molecule has 0 saturated heterocycles. The number of nitrogens with one attached hydrogen (secondary N) is 1. The lowest BCUT2D eigenvalue weighted by molar-refractivity contribution is -0.137. The summed E-state index contributed by atoms with van der Waals surface area (Å²) in [7, 11) is 3.75. The van der Waals surface area contributed by atoms with Crippen LogP contribution < -0.4 is 5.32 Å². The summed E-state index contributed by atoms with van der Waals surface area (Å²) in [6.45, 7) is 0. The Bertz CT molecular complexity index is 741. The molecule has 5 nitrogen and oxygen atoms in total. The van der Waals surface area contributed by atoms with Gasteiger partial charge in [0, 0.05) is 18.8 Å². The number of benzene rings is 1. The molecule has 0 aromatic heterocycles. The molecule has 1 saturated carbocycles. The Labute approximate surface area is 191 Å². The van der Waals surface area contributed by atoms with Gasteiger partial charge < -0.3 is 20.6 Å². The summed E-state index contributed by atoms with van der Waals surface area (Å²) < 4.78 is 14.5. The molecule has 0 amide bonds. The Morgan fingerprint density at radius 1 is 1.22 bits per heavy atom. The van der Waals surface area contributed by atoms with Gasteiger partial charge in [-0.25, -0.2) is 4.39 Å². The van der Waals surface area contributed by atoms with Crippen molar-refractivity contribution in [2.75, 3.05) is 14.1 Å². The summed E-state index contributed by atoms with van der Waals surface area (Å²) >= 11 is 0. The summed E-state index contributed by atoms with van der Waals surface area (Å²) in [5.41, 5.74) is 2.55. The Morgan fingerprint density at radius 3 is 2.44 bits per heavy atom. The average molecular weight is 448 g/mol. The van der Waals surface area contributed by atoms with Gasteiger partial charge >= 0.3 is 5.97 Å². The second-order valence-corrected chi connectivity index (χ2v) is 8.87. The molecule has 1 unspecified atom stereocenters. The molecule has 32 heavy (non-hydrogen) atoms. The zero-order valence-electron chi connectivity index (χ0n) is 19.2. The molecule has 0 heterocycles. The van der Waals surface area contributed by atoms with Crippen LogP contribution in [0.3, 0.4) is 0 Å². The van der Waals surface area contributed by atoms with E-state index in [4.69, 9.17) is 5.11 Å². The van der Waals surface area contributed by atoms with Crippen LogP contribution >= 0.6 is 0 Å². The zero-order chi connectivity index (χ0) is 23.5. The van der Waals surface area contributed by atoms with Gasteiger partial charge in [0.15, 0.2) is 0 Å². The first-order valence-electron chi connectivity index (χ1n) is 11.6. The van der Waals surface area contributed by atoms with Gasteiger partial charge in [-0.15, -0.1) is 0 Å². The second-order valence-electron chi connectivity index (χ2n) is 8.87. The van der Waals surface area contributed by atoms with E-state index < -0.39 is 30.3 Å². The fraction of sp³-hybridized carbons (Fsp3) is 0.577. The maximum absolute atomic E-state index is 14.5. The molecule has 0 aliphatic heterocycles. The quantitative estimate of drug-likeness (QED) is 0.342. The molecule has 3 rings (SSSR count). The molecule has 6 heteroatoms. The third-order valence-corrected chi connectivity index (χ3v) is 6.31. The van der Waals surface area contributed by atoms with Gasteiger partial charge in [0.1, 0.15) is 6.17 Å². The maximum atomic E-state index is 14.5. The van der Waals surface area contributed by atoms with E-state index in [1.807, 2.05) is 38.4 Å². The molecule has 0 radical (unpaired) electrons. The van der Waals surface area contributed by atoms with E-state index in [9.17, 15) is 19.4 Å². The van der Waals surface area contributed by atoms with Crippen LogP contribution in [0.15, 0.2) is 48.6 Å². The third kappa shape index (κ3) is 7.84. The van der Waals surface area contributed by atoms with Crippen molar-refractivity contribution in [2.45, 2.75) is 63.3 Å². The number of alkyl halides is 1. The van der Waals surface area contributed by atoms with Crippen LogP contribution in [0.4, 0.5) is 4.39 Å². The highest BCUT2D eigenvalue weighted by molar-refractivity contribution is 5.66. The summed E-state index contributed by atoms with van der Waals surface area (Å²) in [6.07, 6.45) is 8.57. The van der Waals surface area contributed by atoms with Crippen molar-refractivity contribution in [1.82, 2.24) is 5.32 Å². The topological polar surface area (TPSA) is 89.8 Å². The molecular formula is C26H38FNO4. The number of carbonyl (C=O) groups is 1. The molecule has 0 bridgehead atoms. The van der Waals surface area contributed by atoms with E-state index in [0.29, 0.717) is 19.3 Å². The van der Waals surface area contributed by atoms with Gasteiger partial charge in [0.2, 0.25) is 0 Å². The highest BCUT2D eigenvalue weighted by Crippen LogP contribution is 2.38. The van der Waals surface area contributed by atoms with Gasteiger partial charge in [-0.05, 0) is 69.2 Å². The molecule has 0 spiro atoms. The number of aliphatic hydroxyl groups excluding tert-OH is 2. The fourth-order valence-corrected chi connectivity index (χ4v) is 4.64. The van der Waals surface area contributed by atoms with E-state index in [0.717, 1.165) is 12.8 Å². The van der Waals surface area contributed by atoms with Crippen molar-refractivity contribution in [3.63, 3.8) is 0 Å². The summed E-state index contributed by atoms with van der Waals surface area (Å²) in [4.78, 5) is 10.5. The first kappa shape index (κ1) is 26.2. The predicted octanol–water partition coefficient (Wildman–Crippen LogP) is 3.69. The van der Waals surface area contributed by atoms with Gasteiger partial charge in [0.25, 0.3) is 0 Å². The number of fused-ring (bicyclic) bond motifs is 1. The molecule has 2 aliphatic carbocycles. The van der Waals surface area contributed by atoms with E-state index >= 15 is 0 Å². The number of halogens is 1. The molecule has 1 aromatic carbocycles. The van der Waals surface area contributed by atoms with Crippen molar-refractivity contribution >= 4 is 5.97 Å². The number of hydrogen-bond acceptors (Lipinski definition) is 4. The number of aliphatic carboxylic acids is 1. The average Bonchev–Trinajstić information content (AvgIpc) is 3.30. The number of allylic oxidation sites excluding steroid dienone is 3. The number of carboxylic acid groups (broad SMARTS) is 1. The van der Waals surface area contributed by atoms with Gasteiger partial charge in [-0.1, -0.05) is 48.6 Å². The van der Waals surface area contributed by atoms with Gasteiger partial charge in [0.05, 0.1) is 12.2 Å². The molecule has 1 fully saturated rings. The molecule has 1 aromatic rings. The van der Waals surface area contributed by atoms with Crippen LogP contribution in [0.25, 0.3) is 0 Å². The normalized spacial score (nSPS) is 26.3. The molecule has 178 valence electrons. The number of rotatable bonds is 9. The summed E-state index contributed by atoms with van der Waals surface area (Å²) in [6, 6.07) is 8.21. The molecule has 2 aliphatic rings. The van der Waals surface area contributed by atoms with E-state index in [1.165, 1.54) is 11.1 Å². The lowest BCUT2D eigenvalue weighted by Gasteiger charge is -2.20. The minimum Gasteiger partial charge on any atom is -0.481 e. The third-order valence-electron chi connectivity index (χ3n) is 6.31. The van der Waals surface area contributed by atoms with Crippen molar-refractivity contribution in [3.8, 4) is 0 Å². The number of aliphatic hydroxyl groups is 2. The number of carboxylic acids is 1. The highest BCUT2D eigenvalue weighted by atomic mass is 19.1. The van der Waals surface area contributed by atoms with Crippen molar-refractivity contribution < 1.29 is 24.5 Å². The van der Waals surface area contributed by atoms with Crippen LogP contribution in [0.1, 0.15) is 43.2 Å². The first-order valence-corrected chi connectivity index (χ1v) is 11.6. The first-order chi connectivity index (χ1) is 15.4. The van der Waals surface area contributed by atoms with Crippen LogP contribution in [-0.2, 0) is 17.6 Å². The van der Waals surface area contributed by atoms with Crippen LogP contribution in [0.2, 0.25) is 0 Å².